The molecule has 6 heteroatoms. The van der Waals surface area contributed by atoms with Crippen LogP contribution in [0.2, 0.25) is 0 Å². The first-order chi connectivity index (χ1) is 13.7. The molecule has 0 aromatic heterocycles. The molecule has 158 valence electrons. The summed E-state index contributed by atoms with van der Waals surface area (Å²) in [5, 5.41) is 7.26. The van der Waals surface area contributed by atoms with E-state index in [0.717, 1.165) is 75.6 Å². The van der Waals surface area contributed by atoms with E-state index in [-0.39, 0.29) is 0 Å². The van der Waals surface area contributed by atoms with Crippen LogP contribution in [0, 0.1) is 0 Å². The molecule has 3 atom stereocenters. The van der Waals surface area contributed by atoms with Crippen LogP contribution in [0.25, 0.3) is 0 Å². The van der Waals surface area contributed by atoms with Gasteiger partial charge in [0.2, 0.25) is 0 Å². The Morgan fingerprint density at radius 1 is 1.25 bits per heavy atom. The van der Waals surface area contributed by atoms with Gasteiger partial charge in [-0.1, -0.05) is 38.8 Å². The van der Waals surface area contributed by atoms with E-state index in [1.807, 2.05) is 26.1 Å². The van der Waals surface area contributed by atoms with Gasteiger partial charge >= 0.3 is 0 Å². The second-order valence-electron chi connectivity index (χ2n) is 7.39. The van der Waals surface area contributed by atoms with E-state index in [1.165, 1.54) is 5.56 Å². The SMILES string of the molecule is CCCCOc1ccc(CCNC(=NC)NC2CCCC(S(=O)CC)C2)cc1. The van der Waals surface area contributed by atoms with Crippen LogP contribution >= 0.6 is 0 Å². The number of rotatable bonds is 10. The normalized spacial score (nSPS) is 21.2. The van der Waals surface area contributed by atoms with Crippen LogP contribution < -0.4 is 15.4 Å². The van der Waals surface area contributed by atoms with Crippen molar-refractivity contribution >= 4 is 16.8 Å². The largest absolute Gasteiger partial charge is 0.494 e. The fourth-order valence-electron chi connectivity index (χ4n) is 3.55. The van der Waals surface area contributed by atoms with Crippen LogP contribution in [0.3, 0.4) is 0 Å². The Bertz CT molecular complexity index is 619. The summed E-state index contributed by atoms with van der Waals surface area (Å²) < 4.78 is 17.8. The van der Waals surface area contributed by atoms with Crippen molar-refractivity contribution in [1.82, 2.24) is 10.6 Å². The molecule has 0 aliphatic heterocycles. The maximum atomic E-state index is 12.1. The smallest absolute Gasteiger partial charge is 0.191 e. The van der Waals surface area contributed by atoms with Crippen molar-refractivity contribution in [3.8, 4) is 5.75 Å². The quantitative estimate of drug-likeness (QED) is 0.353. The molecule has 1 aromatic carbocycles. The standard InChI is InChI=1S/C22H37N3O2S/c1-4-6-16-27-20-12-10-18(11-13-20)14-15-24-22(23-3)25-19-8-7-9-21(17-19)28(26)5-2/h10-13,19,21H,4-9,14-17H2,1-3H3,(H2,23,24,25). The van der Waals surface area contributed by atoms with Crippen LogP contribution in [0.5, 0.6) is 5.75 Å². The molecule has 1 aromatic rings. The molecule has 0 saturated heterocycles. The highest BCUT2D eigenvalue weighted by molar-refractivity contribution is 7.85. The van der Waals surface area contributed by atoms with Gasteiger partial charge in [0.1, 0.15) is 5.75 Å². The van der Waals surface area contributed by atoms with Gasteiger partial charge in [-0.2, -0.15) is 0 Å². The van der Waals surface area contributed by atoms with Gasteiger partial charge in [0, 0.05) is 41.4 Å². The van der Waals surface area contributed by atoms with E-state index >= 15 is 0 Å². The third kappa shape index (κ3) is 7.82. The summed E-state index contributed by atoms with van der Waals surface area (Å²) in [7, 11) is 1.11. The molecule has 0 radical (unpaired) electrons. The predicted octanol–water partition coefficient (Wildman–Crippen LogP) is 3.65. The van der Waals surface area contributed by atoms with Gasteiger partial charge < -0.3 is 15.4 Å². The van der Waals surface area contributed by atoms with Crippen molar-refractivity contribution in [2.24, 2.45) is 4.99 Å². The van der Waals surface area contributed by atoms with Gasteiger partial charge in [-0.05, 0) is 49.8 Å². The lowest BCUT2D eigenvalue weighted by atomic mass is 9.95. The van der Waals surface area contributed by atoms with Gasteiger partial charge in [-0.3, -0.25) is 9.20 Å². The number of ether oxygens (including phenoxy) is 1. The zero-order chi connectivity index (χ0) is 20.2. The van der Waals surface area contributed by atoms with Gasteiger partial charge in [0.15, 0.2) is 5.96 Å². The minimum atomic E-state index is -0.697. The molecule has 2 N–H and O–H groups in total. The third-order valence-electron chi connectivity index (χ3n) is 5.24. The summed E-state index contributed by atoms with van der Waals surface area (Å²) in [5.41, 5.74) is 1.28. The zero-order valence-electron chi connectivity index (χ0n) is 17.7. The van der Waals surface area contributed by atoms with Crippen LogP contribution in [0.15, 0.2) is 29.3 Å². The molecule has 0 spiro atoms. The van der Waals surface area contributed by atoms with Crippen LogP contribution in [0.1, 0.15) is 57.9 Å². The minimum Gasteiger partial charge on any atom is -0.494 e. The van der Waals surface area contributed by atoms with Crippen molar-refractivity contribution in [2.45, 2.75) is 70.1 Å². The predicted molar refractivity (Wildman–Crippen MR) is 120 cm³/mol. The number of guanidine groups is 1. The van der Waals surface area contributed by atoms with Crippen LogP contribution in [0.4, 0.5) is 0 Å². The van der Waals surface area contributed by atoms with E-state index in [2.05, 4.69) is 34.7 Å². The molecule has 28 heavy (non-hydrogen) atoms. The lowest BCUT2D eigenvalue weighted by molar-refractivity contribution is 0.309. The van der Waals surface area contributed by atoms with E-state index < -0.39 is 10.8 Å². The molecular formula is C22H37N3O2S. The Morgan fingerprint density at radius 2 is 2.04 bits per heavy atom. The second kappa shape index (κ2) is 12.8. The summed E-state index contributed by atoms with van der Waals surface area (Å²) in [6.45, 7) is 5.79. The lowest BCUT2D eigenvalue weighted by Gasteiger charge is -2.30. The third-order valence-corrected chi connectivity index (χ3v) is 6.98. The number of hydrogen-bond donors (Lipinski definition) is 2. The number of aliphatic imine (C=N–C) groups is 1. The summed E-state index contributed by atoms with van der Waals surface area (Å²) in [4.78, 5) is 4.36. The molecule has 1 aliphatic rings. The molecule has 0 amide bonds. The highest BCUT2D eigenvalue weighted by Crippen LogP contribution is 2.23. The van der Waals surface area contributed by atoms with Crippen molar-refractivity contribution in [3.63, 3.8) is 0 Å². The van der Waals surface area contributed by atoms with E-state index in [1.54, 1.807) is 0 Å². The Morgan fingerprint density at radius 3 is 2.71 bits per heavy atom. The summed E-state index contributed by atoms with van der Waals surface area (Å²) in [6, 6.07) is 8.72. The average molecular weight is 408 g/mol. The molecule has 2 rings (SSSR count). The van der Waals surface area contributed by atoms with E-state index in [4.69, 9.17) is 4.74 Å². The maximum Gasteiger partial charge on any atom is 0.191 e. The lowest BCUT2D eigenvalue weighted by Crippen LogP contribution is -2.47. The molecule has 0 bridgehead atoms. The number of nitrogens with zero attached hydrogens (tertiary/aromatic N) is 1. The monoisotopic (exact) mass is 407 g/mol. The first-order valence-electron chi connectivity index (χ1n) is 10.7. The number of nitrogens with one attached hydrogen (secondary N) is 2. The fourth-order valence-corrected chi connectivity index (χ4v) is 4.90. The van der Waals surface area contributed by atoms with E-state index in [9.17, 15) is 4.21 Å². The van der Waals surface area contributed by atoms with Crippen molar-refractivity contribution in [2.75, 3.05) is 26.0 Å². The number of benzene rings is 1. The summed E-state index contributed by atoms with van der Waals surface area (Å²) in [6.07, 6.45) is 7.49. The number of hydrogen-bond acceptors (Lipinski definition) is 3. The van der Waals surface area contributed by atoms with Crippen molar-refractivity contribution < 1.29 is 8.95 Å². The summed E-state index contributed by atoms with van der Waals surface area (Å²) in [5.74, 6) is 2.54. The second-order valence-corrected chi connectivity index (χ2v) is 9.40. The molecule has 3 unspecified atom stereocenters. The Balaban J connectivity index is 1.72. The molecule has 5 nitrogen and oxygen atoms in total. The molecule has 0 heterocycles. The molecule has 1 saturated carbocycles. The van der Waals surface area contributed by atoms with E-state index in [0.29, 0.717) is 11.3 Å². The van der Waals surface area contributed by atoms with Gasteiger partial charge in [0.25, 0.3) is 0 Å². The van der Waals surface area contributed by atoms with Gasteiger partial charge in [-0.25, -0.2) is 0 Å². The van der Waals surface area contributed by atoms with Crippen molar-refractivity contribution in [3.05, 3.63) is 29.8 Å². The average Bonchev–Trinajstić information content (AvgIpc) is 2.74. The molecular weight excluding hydrogens is 370 g/mol. The van der Waals surface area contributed by atoms with Crippen molar-refractivity contribution in [1.29, 1.82) is 0 Å². The highest BCUT2D eigenvalue weighted by Gasteiger charge is 2.25. The highest BCUT2D eigenvalue weighted by atomic mass is 32.2. The van der Waals surface area contributed by atoms with Crippen LogP contribution in [-0.2, 0) is 17.2 Å². The zero-order valence-corrected chi connectivity index (χ0v) is 18.5. The van der Waals surface area contributed by atoms with Gasteiger partial charge in [0.05, 0.1) is 6.61 Å². The first kappa shape index (κ1) is 22.7. The first-order valence-corrected chi connectivity index (χ1v) is 12.1. The van der Waals surface area contributed by atoms with Gasteiger partial charge in [-0.15, -0.1) is 0 Å². The molecule has 1 fully saturated rings. The topological polar surface area (TPSA) is 62.7 Å². The number of unbranched alkanes of at least 4 members (excludes halogenated alkanes) is 1. The van der Waals surface area contributed by atoms with Crippen LogP contribution in [-0.4, -0.2) is 47.4 Å². The molecule has 1 aliphatic carbocycles. The fraction of sp³-hybridized carbons (Fsp3) is 0.682. The minimum absolute atomic E-state index is 0.326. The Kier molecular flexibility index (Phi) is 10.4. The maximum absolute atomic E-state index is 12.1. The Hall–Kier alpha value is -1.56. The Labute approximate surface area is 173 Å². The summed E-state index contributed by atoms with van der Waals surface area (Å²) >= 11 is 0.